The van der Waals surface area contributed by atoms with Crippen LogP contribution in [0.25, 0.3) is 16.4 Å². The topological polar surface area (TPSA) is 51.0 Å². The fourth-order valence-electron chi connectivity index (χ4n) is 3.05. The summed E-state index contributed by atoms with van der Waals surface area (Å²) in [4.78, 5) is 19.9. The van der Waals surface area contributed by atoms with E-state index in [9.17, 15) is 9.18 Å². The molecule has 0 radical (unpaired) electrons. The molecular weight excluding hydrogens is 351 g/mol. The molecule has 2 aromatic heterocycles. The molecule has 1 amide bonds. The van der Waals surface area contributed by atoms with E-state index < -0.39 is 0 Å². The number of amides is 1. The van der Waals surface area contributed by atoms with Crippen LogP contribution in [0.15, 0.2) is 41.8 Å². The number of carbonyl (C=O) groups is 1. The van der Waals surface area contributed by atoms with Crippen molar-refractivity contribution >= 4 is 17.2 Å². The fraction of sp³-hybridized carbons (Fsp3) is 0.316. The Morgan fingerprint density at radius 1 is 1.31 bits per heavy atom. The largest absolute Gasteiger partial charge is 0.339 e. The first-order valence-corrected chi connectivity index (χ1v) is 9.52. The van der Waals surface area contributed by atoms with Crippen LogP contribution in [0.2, 0.25) is 0 Å². The third kappa shape index (κ3) is 3.26. The van der Waals surface area contributed by atoms with Crippen molar-refractivity contribution < 1.29 is 9.18 Å². The first-order valence-electron chi connectivity index (χ1n) is 8.64. The van der Waals surface area contributed by atoms with Gasteiger partial charge in [-0.1, -0.05) is 12.5 Å². The second-order valence-corrected chi connectivity index (χ2v) is 7.55. The number of hydrogen-bond donors (Lipinski definition) is 0. The molecule has 1 aliphatic carbocycles. The standard InChI is InChI=1S/C19H19FN4OS/c1-23(12-13-4-2-5-13)19(25)17-21-18(16-6-3-11-26-16)24(22-17)15-9-7-14(20)8-10-15/h3,6-11,13H,2,4-5,12H2,1H3. The van der Waals surface area contributed by atoms with E-state index in [0.717, 1.165) is 11.4 Å². The molecule has 0 aliphatic heterocycles. The van der Waals surface area contributed by atoms with Gasteiger partial charge in [0.25, 0.3) is 5.91 Å². The molecule has 0 atom stereocenters. The SMILES string of the molecule is CN(CC1CCC1)C(=O)c1nc(-c2cccs2)n(-c2ccc(F)cc2)n1. The van der Waals surface area contributed by atoms with E-state index in [-0.39, 0.29) is 17.5 Å². The Balaban J connectivity index is 1.68. The van der Waals surface area contributed by atoms with Gasteiger partial charge in [-0.2, -0.15) is 0 Å². The highest BCUT2D eigenvalue weighted by Crippen LogP contribution is 2.28. The minimum absolute atomic E-state index is 0.166. The summed E-state index contributed by atoms with van der Waals surface area (Å²) in [5, 5.41) is 6.38. The highest BCUT2D eigenvalue weighted by molar-refractivity contribution is 7.13. The number of nitrogens with zero attached hydrogens (tertiary/aromatic N) is 4. The third-order valence-corrected chi connectivity index (χ3v) is 5.58. The van der Waals surface area contributed by atoms with Gasteiger partial charge in [0.2, 0.25) is 5.82 Å². The average Bonchev–Trinajstić information content (AvgIpc) is 3.27. The lowest BCUT2D eigenvalue weighted by molar-refractivity contribution is 0.0733. The maximum absolute atomic E-state index is 13.3. The van der Waals surface area contributed by atoms with Crippen molar-refractivity contribution in [3.05, 3.63) is 53.4 Å². The van der Waals surface area contributed by atoms with Crippen LogP contribution in [0.3, 0.4) is 0 Å². The van der Waals surface area contributed by atoms with E-state index in [1.165, 1.54) is 42.7 Å². The van der Waals surface area contributed by atoms with Gasteiger partial charge >= 0.3 is 0 Å². The smallest absolute Gasteiger partial charge is 0.293 e. The molecule has 2 heterocycles. The summed E-state index contributed by atoms with van der Waals surface area (Å²) in [6.07, 6.45) is 3.59. The van der Waals surface area contributed by atoms with Gasteiger partial charge in [-0.05, 0) is 54.5 Å². The molecule has 0 saturated heterocycles. The molecule has 3 aromatic rings. The lowest BCUT2D eigenvalue weighted by Crippen LogP contribution is -2.34. The van der Waals surface area contributed by atoms with Crippen LogP contribution >= 0.6 is 11.3 Å². The number of carbonyl (C=O) groups excluding carboxylic acids is 1. The summed E-state index contributed by atoms with van der Waals surface area (Å²) in [5.74, 6) is 0.838. The van der Waals surface area contributed by atoms with E-state index in [0.29, 0.717) is 17.4 Å². The summed E-state index contributed by atoms with van der Waals surface area (Å²) in [6.45, 7) is 0.734. The van der Waals surface area contributed by atoms with E-state index in [1.807, 2.05) is 17.5 Å². The van der Waals surface area contributed by atoms with E-state index in [2.05, 4.69) is 10.1 Å². The highest BCUT2D eigenvalue weighted by Gasteiger charge is 2.25. The number of hydrogen-bond acceptors (Lipinski definition) is 4. The molecule has 0 unspecified atom stereocenters. The first kappa shape index (κ1) is 16.9. The molecule has 4 rings (SSSR count). The molecule has 7 heteroatoms. The van der Waals surface area contributed by atoms with Gasteiger partial charge < -0.3 is 4.90 Å². The lowest BCUT2D eigenvalue weighted by Gasteiger charge is -2.29. The first-order chi connectivity index (χ1) is 12.6. The molecule has 1 aromatic carbocycles. The van der Waals surface area contributed by atoms with Crippen molar-refractivity contribution in [2.45, 2.75) is 19.3 Å². The molecule has 134 valence electrons. The van der Waals surface area contributed by atoms with Crippen molar-refractivity contribution in [2.75, 3.05) is 13.6 Å². The molecule has 0 spiro atoms. The zero-order valence-corrected chi connectivity index (χ0v) is 15.2. The second kappa shape index (κ2) is 6.99. The maximum atomic E-state index is 13.3. The Hall–Kier alpha value is -2.54. The molecule has 26 heavy (non-hydrogen) atoms. The molecule has 1 aliphatic rings. The van der Waals surface area contributed by atoms with Gasteiger partial charge in [-0.25, -0.2) is 14.1 Å². The Bertz CT molecular complexity index is 900. The second-order valence-electron chi connectivity index (χ2n) is 6.61. The predicted molar refractivity (Wildman–Crippen MR) is 98.9 cm³/mol. The predicted octanol–water partition coefficient (Wildman–Crippen LogP) is 4.01. The monoisotopic (exact) mass is 370 g/mol. The van der Waals surface area contributed by atoms with Crippen molar-refractivity contribution in [1.29, 1.82) is 0 Å². The third-order valence-electron chi connectivity index (χ3n) is 4.71. The minimum atomic E-state index is -0.317. The van der Waals surface area contributed by atoms with Crippen LogP contribution in [0.5, 0.6) is 0 Å². The number of benzene rings is 1. The van der Waals surface area contributed by atoms with Gasteiger partial charge in [0.05, 0.1) is 10.6 Å². The van der Waals surface area contributed by atoms with Crippen molar-refractivity contribution in [2.24, 2.45) is 5.92 Å². The summed E-state index contributed by atoms with van der Waals surface area (Å²) >= 11 is 1.52. The quantitative estimate of drug-likeness (QED) is 0.682. The summed E-state index contributed by atoms with van der Waals surface area (Å²) in [7, 11) is 1.80. The normalized spacial score (nSPS) is 14.2. The van der Waals surface area contributed by atoms with Crippen LogP contribution in [0.4, 0.5) is 4.39 Å². The van der Waals surface area contributed by atoms with Crippen LogP contribution in [-0.4, -0.2) is 39.2 Å². The Morgan fingerprint density at radius 2 is 2.08 bits per heavy atom. The van der Waals surface area contributed by atoms with Crippen molar-refractivity contribution in [1.82, 2.24) is 19.7 Å². The van der Waals surface area contributed by atoms with Crippen LogP contribution in [0.1, 0.15) is 29.9 Å². The van der Waals surface area contributed by atoms with Crippen LogP contribution in [-0.2, 0) is 0 Å². The van der Waals surface area contributed by atoms with Crippen LogP contribution in [0, 0.1) is 11.7 Å². The van der Waals surface area contributed by atoms with E-state index in [4.69, 9.17) is 0 Å². The molecule has 1 fully saturated rings. The average molecular weight is 370 g/mol. The van der Waals surface area contributed by atoms with Gasteiger partial charge in [0, 0.05) is 13.6 Å². The summed E-state index contributed by atoms with van der Waals surface area (Å²) < 4.78 is 14.9. The lowest BCUT2D eigenvalue weighted by atomic mass is 9.85. The molecular formula is C19H19FN4OS. The Morgan fingerprint density at radius 3 is 2.69 bits per heavy atom. The number of thiophene rings is 1. The molecule has 0 N–H and O–H groups in total. The number of aromatic nitrogens is 3. The van der Waals surface area contributed by atoms with E-state index in [1.54, 1.807) is 28.8 Å². The van der Waals surface area contributed by atoms with Gasteiger partial charge in [-0.15, -0.1) is 16.4 Å². The van der Waals surface area contributed by atoms with Crippen molar-refractivity contribution in [3.63, 3.8) is 0 Å². The Kier molecular flexibility index (Phi) is 4.55. The fourth-order valence-corrected chi connectivity index (χ4v) is 3.74. The van der Waals surface area contributed by atoms with Gasteiger partial charge in [-0.3, -0.25) is 4.79 Å². The Labute approximate surface area is 155 Å². The summed E-state index contributed by atoms with van der Waals surface area (Å²) in [5.41, 5.74) is 0.669. The number of rotatable bonds is 5. The van der Waals surface area contributed by atoms with Gasteiger partial charge in [0.1, 0.15) is 5.82 Å². The highest BCUT2D eigenvalue weighted by atomic mass is 32.1. The minimum Gasteiger partial charge on any atom is -0.339 e. The molecule has 5 nitrogen and oxygen atoms in total. The van der Waals surface area contributed by atoms with Gasteiger partial charge in [0.15, 0.2) is 5.82 Å². The molecule has 0 bridgehead atoms. The van der Waals surface area contributed by atoms with E-state index >= 15 is 0 Å². The van der Waals surface area contributed by atoms with Crippen molar-refractivity contribution in [3.8, 4) is 16.4 Å². The number of halogens is 1. The molecule has 1 saturated carbocycles. The zero-order valence-electron chi connectivity index (χ0n) is 14.4. The van der Waals surface area contributed by atoms with Crippen LogP contribution < -0.4 is 0 Å². The zero-order chi connectivity index (χ0) is 18.1. The summed E-state index contributed by atoms with van der Waals surface area (Å²) in [6, 6.07) is 9.87. The maximum Gasteiger partial charge on any atom is 0.293 e.